The van der Waals surface area contributed by atoms with Gasteiger partial charge in [-0.25, -0.2) is 0 Å². The molecule has 2 heterocycles. The zero-order valence-electron chi connectivity index (χ0n) is 13.1. The van der Waals surface area contributed by atoms with Gasteiger partial charge >= 0.3 is 0 Å². The molecule has 21 heavy (non-hydrogen) atoms. The van der Waals surface area contributed by atoms with E-state index in [0.29, 0.717) is 5.88 Å². The molecule has 0 radical (unpaired) electrons. The maximum atomic E-state index is 5.06. The van der Waals surface area contributed by atoms with Gasteiger partial charge in [0, 0.05) is 24.7 Å². The van der Waals surface area contributed by atoms with Crippen LogP contribution in [0.3, 0.4) is 0 Å². The third kappa shape index (κ3) is 3.78. The van der Waals surface area contributed by atoms with E-state index in [0.717, 1.165) is 30.9 Å². The Morgan fingerprint density at radius 1 is 1.29 bits per heavy atom. The second-order valence-corrected chi connectivity index (χ2v) is 4.91. The predicted octanol–water partition coefficient (Wildman–Crippen LogP) is 1.90. The molecule has 0 saturated heterocycles. The maximum absolute atomic E-state index is 5.06. The number of nitrogens with zero attached hydrogens (tertiary/aromatic N) is 4. The van der Waals surface area contributed by atoms with Gasteiger partial charge in [-0.1, -0.05) is 6.92 Å². The van der Waals surface area contributed by atoms with Gasteiger partial charge in [0.1, 0.15) is 0 Å². The van der Waals surface area contributed by atoms with E-state index < -0.39 is 0 Å². The molecule has 6 nitrogen and oxygen atoms in total. The van der Waals surface area contributed by atoms with Gasteiger partial charge in [-0.05, 0) is 32.5 Å². The fourth-order valence-electron chi connectivity index (χ4n) is 2.40. The number of hydrogen-bond donors (Lipinski definition) is 1. The average Bonchev–Trinajstić information content (AvgIpc) is 2.87. The van der Waals surface area contributed by atoms with Gasteiger partial charge in [-0.3, -0.25) is 4.68 Å². The van der Waals surface area contributed by atoms with E-state index >= 15 is 0 Å². The summed E-state index contributed by atoms with van der Waals surface area (Å²) < 4.78 is 7.10. The number of nitrogens with one attached hydrogen (secondary N) is 1. The molecule has 1 N–H and O–H groups in total. The van der Waals surface area contributed by atoms with Gasteiger partial charge in [0.15, 0.2) is 0 Å². The summed E-state index contributed by atoms with van der Waals surface area (Å²) >= 11 is 0. The van der Waals surface area contributed by atoms with Crippen LogP contribution < -0.4 is 10.1 Å². The molecule has 0 spiro atoms. The molecule has 0 amide bonds. The van der Waals surface area contributed by atoms with Gasteiger partial charge in [0.2, 0.25) is 5.88 Å². The summed E-state index contributed by atoms with van der Waals surface area (Å²) in [5.41, 5.74) is 3.17. The zero-order chi connectivity index (χ0) is 15.2. The zero-order valence-corrected chi connectivity index (χ0v) is 13.1. The first-order valence-electron chi connectivity index (χ1n) is 7.32. The molecule has 1 unspecified atom stereocenters. The summed E-state index contributed by atoms with van der Waals surface area (Å²) in [6.45, 7) is 7.96. The number of ether oxygens (including phenoxy) is 1. The van der Waals surface area contributed by atoms with Gasteiger partial charge in [0.05, 0.1) is 24.5 Å². The molecule has 2 aromatic heterocycles. The van der Waals surface area contributed by atoms with Crippen molar-refractivity contribution in [1.29, 1.82) is 0 Å². The van der Waals surface area contributed by atoms with Crippen LogP contribution in [0.4, 0.5) is 0 Å². The molecule has 0 aliphatic rings. The number of aryl methyl sites for hydroxylation is 2. The van der Waals surface area contributed by atoms with Crippen molar-refractivity contribution in [1.82, 2.24) is 25.3 Å². The van der Waals surface area contributed by atoms with Crippen LogP contribution in [-0.4, -0.2) is 33.6 Å². The molecular formula is C15H23N5O. The minimum Gasteiger partial charge on any atom is -0.480 e. The van der Waals surface area contributed by atoms with Crippen LogP contribution in [0.1, 0.15) is 37.0 Å². The molecule has 0 aliphatic heterocycles. The first-order valence-corrected chi connectivity index (χ1v) is 7.32. The second kappa shape index (κ2) is 7.17. The summed E-state index contributed by atoms with van der Waals surface area (Å²) in [5.74, 6) is 0.531. The van der Waals surface area contributed by atoms with Gasteiger partial charge in [0.25, 0.3) is 0 Å². The summed E-state index contributed by atoms with van der Waals surface area (Å²) in [7, 11) is 1.59. The largest absolute Gasteiger partial charge is 0.480 e. The molecular weight excluding hydrogens is 266 g/mol. The molecule has 0 aromatic carbocycles. The lowest BCUT2D eigenvalue weighted by Crippen LogP contribution is -2.25. The summed E-state index contributed by atoms with van der Waals surface area (Å²) in [6.07, 6.45) is 0.837. The van der Waals surface area contributed by atoms with Crippen molar-refractivity contribution in [2.24, 2.45) is 0 Å². The fraction of sp³-hybridized carbons (Fsp3) is 0.533. The van der Waals surface area contributed by atoms with Crippen molar-refractivity contribution >= 4 is 0 Å². The number of aromatic nitrogens is 4. The monoisotopic (exact) mass is 289 g/mol. The third-order valence-electron chi connectivity index (χ3n) is 3.38. The summed E-state index contributed by atoms with van der Waals surface area (Å²) in [5, 5.41) is 16.3. The van der Waals surface area contributed by atoms with Crippen molar-refractivity contribution in [3.05, 3.63) is 35.3 Å². The molecule has 0 fully saturated rings. The highest BCUT2D eigenvalue weighted by Gasteiger charge is 2.16. The Morgan fingerprint density at radius 3 is 2.67 bits per heavy atom. The molecule has 2 aromatic rings. The van der Waals surface area contributed by atoms with Crippen LogP contribution in [0, 0.1) is 6.92 Å². The minimum atomic E-state index is 0.120. The Morgan fingerprint density at radius 2 is 2.10 bits per heavy atom. The predicted molar refractivity (Wildman–Crippen MR) is 81.3 cm³/mol. The lowest BCUT2D eigenvalue weighted by Gasteiger charge is -2.17. The topological polar surface area (TPSA) is 64.9 Å². The van der Waals surface area contributed by atoms with E-state index in [-0.39, 0.29) is 6.04 Å². The molecule has 1 atom stereocenters. The number of rotatable bonds is 7. The Balaban J connectivity index is 2.21. The minimum absolute atomic E-state index is 0.120. The van der Waals surface area contributed by atoms with E-state index in [2.05, 4.69) is 40.5 Å². The smallest absolute Gasteiger partial charge is 0.233 e. The molecule has 0 aliphatic carbocycles. The van der Waals surface area contributed by atoms with Crippen molar-refractivity contribution in [2.45, 2.75) is 39.8 Å². The van der Waals surface area contributed by atoms with Crippen LogP contribution in [-0.2, 0) is 13.0 Å². The van der Waals surface area contributed by atoms with Crippen LogP contribution >= 0.6 is 0 Å². The van der Waals surface area contributed by atoms with Crippen LogP contribution in [0.25, 0.3) is 0 Å². The number of hydrogen-bond acceptors (Lipinski definition) is 5. The van der Waals surface area contributed by atoms with E-state index in [1.54, 1.807) is 7.11 Å². The normalized spacial score (nSPS) is 12.4. The van der Waals surface area contributed by atoms with E-state index in [1.807, 2.05) is 23.7 Å². The number of likely N-dealkylation sites (N-methyl/N-ethyl adjacent to an activating group) is 1. The van der Waals surface area contributed by atoms with Crippen molar-refractivity contribution < 1.29 is 4.74 Å². The Labute approximate surface area is 125 Å². The van der Waals surface area contributed by atoms with Crippen LogP contribution in [0.2, 0.25) is 0 Å². The molecule has 0 bridgehead atoms. The summed E-state index contributed by atoms with van der Waals surface area (Å²) in [4.78, 5) is 0. The highest BCUT2D eigenvalue weighted by molar-refractivity contribution is 5.18. The second-order valence-electron chi connectivity index (χ2n) is 4.91. The summed E-state index contributed by atoms with van der Waals surface area (Å²) in [6, 6.07) is 6.05. The standard InChI is InChI=1S/C15H23N5O/c1-5-16-14(13-7-8-15(21-4)18-17-13)10-12-9-11(3)19-20(12)6-2/h7-9,14,16H,5-6,10H2,1-4H3. The van der Waals surface area contributed by atoms with Crippen molar-refractivity contribution in [2.75, 3.05) is 13.7 Å². The van der Waals surface area contributed by atoms with E-state index in [4.69, 9.17) is 4.74 Å². The Bertz CT molecular complexity index is 564. The fourth-order valence-corrected chi connectivity index (χ4v) is 2.40. The highest BCUT2D eigenvalue weighted by atomic mass is 16.5. The van der Waals surface area contributed by atoms with Crippen LogP contribution in [0.15, 0.2) is 18.2 Å². The lowest BCUT2D eigenvalue weighted by molar-refractivity contribution is 0.389. The number of methoxy groups -OCH3 is 1. The molecule has 114 valence electrons. The Hall–Kier alpha value is -1.95. The maximum Gasteiger partial charge on any atom is 0.233 e. The van der Waals surface area contributed by atoms with Gasteiger partial charge in [-0.15, -0.1) is 5.10 Å². The third-order valence-corrected chi connectivity index (χ3v) is 3.38. The van der Waals surface area contributed by atoms with Crippen molar-refractivity contribution in [3.63, 3.8) is 0 Å². The molecule has 6 heteroatoms. The SMILES string of the molecule is CCNC(Cc1cc(C)nn1CC)c1ccc(OC)nn1. The average molecular weight is 289 g/mol. The highest BCUT2D eigenvalue weighted by Crippen LogP contribution is 2.18. The Kier molecular flexibility index (Phi) is 5.27. The van der Waals surface area contributed by atoms with E-state index in [1.165, 1.54) is 5.69 Å². The molecule has 0 saturated carbocycles. The first-order chi connectivity index (χ1) is 10.2. The quantitative estimate of drug-likeness (QED) is 0.843. The van der Waals surface area contributed by atoms with Crippen LogP contribution in [0.5, 0.6) is 5.88 Å². The van der Waals surface area contributed by atoms with Crippen molar-refractivity contribution in [3.8, 4) is 5.88 Å². The van der Waals surface area contributed by atoms with Gasteiger partial charge < -0.3 is 10.1 Å². The first kappa shape index (κ1) is 15.4. The lowest BCUT2D eigenvalue weighted by atomic mass is 10.1. The van der Waals surface area contributed by atoms with E-state index in [9.17, 15) is 0 Å². The van der Waals surface area contributed by atoms with Gasteiger partial charge in [-0.2, -0.15) is 10.2 Å². The molecule has 2 rings (SSSR count).